The molecule has 0 bridgehead atoms. The molecule has 26 heavy (non-hydrogen) atoms. The molecule has 0 saturated carbocycles. The van der Waals surface area contributed by atoms with Gasteiger partial charge in [-0.1, -0.05) is 53.6 Å². The minimum atomic E-state index is -1.29. The molecule has 0 spiro atoms. The first-order chi connectivity index (χ1) is 12.2. The van der Waals surface area contributed by atoms with E-state index >= 15 is 0 Å². The van der Waals surface area contributed by atoms with E-state index in [0.29, 0.717) is 16.1 Å². The summed E-state index contributed by atoms with van der Waals surface area (Å²) in [5.74, 6) is -0.775. The van der Waals surface area contributed by atoms with Crippen LogP contribution in [0.2, 0.25) is 5.02 Å². The second kappa shape index (κ2) is 6.57. The molecule has 6 heteroatoms. The largest absolute Gasteiger partial charge is 0.325 e. The van der Waals surface area contributed by atoms with Gasteiger partial charge in [-0.25, -0.2) is 4.79 Å². The molecule has 1 saturated heterocycles. The van der Waals surface area contributed by atoms with Crippen molar-refractivity contribution in [1.29, 1.82) is 0 Å². The zero-order chi connectivity index (χ0) is 19.1. The van der Waals surface area contributed by atoms with Crippen LogP contribution in [0, 0.1) is 13.8 Å². The van der Waals surface area contributed by atoms with E-state index in [4.69, 9.17) is 11.6 Å². The number of imide groups is 1. The van der Waals surface area contributed by atoms with E-state index in [0.717, 1.165) is 16.0 Å². The lowest BCUT2D eigenvalue weighted by atomic mass is 9.92. The maximum absolute atomic E-state index is 12.9. The van der Waals surface area contributed by atoms with E-state index in [2.05, 4.69) is 5.32 Å². The van der Waals surface area contributed by atoms with Gasteiger partial charge in [0.1, 0.15) is 5.54 Å². The first-order valence-electron chi connectivity index (χ1n) is 8.23. The van der Waals surface area contributed by atoms with Crippen molar-refractivity contribution in [2.45, 2.75) is 26.3 Å². The molecule has 1 N–H and O–H groups in total. The van der Waals surface area contributed by atoms with Crippen LogP contribution in [0.3, 0.4) is 0 Å². The van der Waals surface area contributed by atoms with E-state index in [1.165, 1.54) is 0 Å². The van der Waals surface area contributed by atoms with E-state index in [9.17, 15) is 14.4 Å². The molecule has 2 aromatic rings. The van der Waals surface area contributed by atoms with Crippen molar-refractivity contribution in [1.82, 2.24) is 10.2 Å². The fourth-order valence-electron chi connectivity index (χ4n) is 3.25. The van der Waals surface area contributed by atoms with Gasteiger partial charge in [0.15, 0.2) is 5.78 Å². The van der Waals surface area contributed by atoms with Gasteiger partial charge < -0.3 is 5.32 Å². The summed E-state index contributed by atoms with van der Waals surface area (Å²) in [4.78, 5) is 38.9. The number of urea groups is 1. The van der Waals surface area contributed by atoms with Gasteiger partial charge in [0, 0.05) is 16.1 Å². The second-order valence-electron chi connectivity index (χ2n) is 6.67. The van der Waals surface area contributed by atoms with Crippen LogP contribution in [0.1, 0.15) is 34.0 Å². The predicted octanol–water partition coefficient (Wildman–Crippen LogP) is 3.61. The number of benzene rings is 2. The van der Waals surface area contributed by atoms with E-state index in [1.807, 2.05) is 26.0 Å². The van der Waals surface area contributed by atoms with Gasteiger partial charge in [0.25, 0.3) is 5.91 Å². The number of Topliss-reactive ketones (excluding diaryl/α,β-unsaturated/α-hetero) is 1. The maximum atomic E-state index is 12.9. The van der Waals surface area contributed by atoms with Crippen molar-refractivity contribution in [3.63, 3.8) is 0 Å². The summed E-state index contributed by atoms with van der Waals surface area (Å²) in [6, 6.07) is 11.7. The van der Waals surface area contributed by atoms with Crippen molar-refractivity contribution in [3.05, 3.63) is 69.7 Å². The van der Waals surface area contributed by atoms with Gasteiger partial charge in [-0.3, -0.25) is 14.5 Å². The molecule has 0 aliphatic carbocycles. The molecular weight excluding hydrogens is 352 g/mol. The van der Waals surface area contributed by atoms with Crippen LogP contribution in [-0.2, 0) is 10.3 Å². The molecule has 3 rings (SSSR count). The highest BCUT2D eigenvalue weighted by Crippen LogP contribution is 2.33. The first-order valence-corrected chi connectivity index (χ1v) is 8.61. The summed E-state index contributed by atoms with van der Waals surface area (Å²) < 4.78 is 0. The van der Waals surface area contributed by atoms with Crippen molar-refractivity contribution >= 4 is 29.3 Å². The SMILES string of the molecule is Cc1ccc(C(=O)CN2C(=O)N[C@@](C)(c3ccccc3Cl)C2=O)c(C)c1. The van der Waals surface area contributed by atoms with Gasteiger partial charge in [0.2, 0.25) is 0 Å². The quantitative estimate of drug-likeness (QED) is 0.660. The third-order valence-corrected chi connectivity index (χ3v) is 5.00. The van der Waals surface area contributed by atoms with Crippen molar-refractivity contribution < 1.29 is 14.4 Å². The number of amides is 3. The zero-order valence-corrected chi connectivity index (χ0v) is 15.6. The molecule has 0 aromatic heterocycles. The highest BCUT2D eigenvalue weighted by Gasteiger charge is 2.50. The van der Waals surface area contributed by atoms with Crippen LogP contribution in [-0.4, -0.2) is 29.2 Å². The maximum Gasteiger partial charge on any atom is 0.325 e. The summed E-state index contributed by atoms with van der Waals surface area (Å²) in [6.07, 6.45) is 0. The minimum Gasteiger partial charge on any atom is -0.319 e. The van der Waals surface area contributed by atoms with Gasteiger partial charge in [-0.15, -0.1) is 0 Å². The molecule has 1 aliphatic rings. The average Bonchev–Trinajstić information content (AvgIpc) is 2.79. The summed E-state index contributed by atoms with van der Waals surface area (Å²) >= 11 is 6.20. The minimum absolute atomic E-state index is 0.283. The number of carbonyl (C=O) groups is 3. The number of halogens is 1. The Morgan fingerprint density at radius 2 is 1.85 bits per heavy atom. The molecule has 3 amide bonds. The number of carbonyl (C=O) groups excluding carboxylic acids is 3. The Morgan fingerprint density at radius 1 is 1.15 bits per heavy atom. The highest BCUT2D eigenvalue weighted by atomic mass is 35.5. The lowest BCUT2D eigenvalue weighted by Gasteiger charge is -2.23. The van der Waals surface area contributed by atoms with Crippen LogP contribution in [0.4, 0.5) is 4.79 Å². The van der Waals surface area contributed by atoms with Gasteiger partial charge in [-0.05, 0) is 32.4 Å². The highest BCUT2D eigenvalue weighted by molar-refractivity contribution is 6.32. The number of aryl methyl sites for hydroxylation is 2. The Hall–Kier alpha value is -2.66. The molecule has 5 nitrogen and oxygen atoms in total. The topological polar surface area (TPSA) is 66.5 Å². The number of hydrogen-bond acceptors (Lipinski definition) is 3. The van der Waals surface area contributed by atoms with Crippen molar-refractivity contribution in [3.8, 4) is 0 Å². The van der Waals surface area contributed by atoms with Gasteiger partial charge >= 0.3 is 6.03 Å². The monoisotopic (exact) mass is 370 g/mol. The number of hydrogen-bond donors (Lipinski definition) is 1. The smallest absolute Gasteiger partial charge is 0.319 e. The Morgan fingerprint density at radius 3 is 2.50 bits per heavy atom. The standard InChI is InChI=1S/C20H19ClN2O3/c1-12-8-9-14(13(2)10-12)17(24)11-23-18(25)20(3,22-19(23)26)15-6-4-5-7-16(15)21/h4-10H,11H2,1-3H3,(H,22,26)/t20-/m0/s1. The van der Waals surface area contributed by atoms with E-state index in [-0.39, 0.29) is 12.3 Å². The van der Waals surface area contributed by atoms with E-state index < -0.39 is 17.5 Å². The Labute approximate surface area is 156 Å². The van der Waals surface area contributed by atoms with Crippen LogP contribution in [0.25, 0.3) is 0 Å². The summed E-state index contributed by atoms with van der Waals surface area (Å²) in [5, 5.41) is 3.05. The zero-order valence-electron chi connectivity index (χ0n) is 14.8. The molecule has 1 aliphatic heterocycles. The second-order valence-corrected chi connectivity index (χ2v) is 7.08. The summed E-state index contributed by atoms with van der Waals surface area (Å²) in [5.41, 5.74) is 1.57. The molecule has 0 radical (unpaired) electrons. The molecule has 2 aromatic carbocycles. The Bertz CT molecular complexity index is 925. The Balaban J connectivity index is 1.88. The number of nitrogens with zero attached hydrogens (tertiary/aromatic N) is 1. The number of rotatable bonds is 4. The normalized spacial score (nSPS) is 19.6. The van der Waals surface area contributed by atoms with Crippen LogP contribution < -0.4 is 5.32 Å². The van der Waals surface area contributed by atoms with Crippen LogP contribution in [0.5, 0.6) is 0 Å². The third kappa shape index (κ3) is 2.99. The molecule has 134 valence electrons. The third-order valence-electron chi connectivity index (χ3n) is 4.67. The average molecular weight is 371 g/mol. The van der Waals surface area contributed by atoms with Crippen molar-refractivity contribution in [2.75, 3.05) is 6.54 Å². The fourth-order valence-corrected chi connectivity index (χ4v) is 3.57. The van der Waals surface area contributed by atoms with Gasteiger partial charge in [-0.2, -0.15) is 0 Å². The predicted molar refractivity (Wildman–Crippen MR) is 99.3 cm³/mol. The lowest BCUT2D eigenvalue weighted by molar-refractivity contribution is -0.130. The first kappa shape index (κ1) is 18.1. The molecule has 1 fully saturated rings. The molecule has 1 atom stereocenters. The molecule has 1 heterocycles. The molecule has 0 unspecified atom stereocenters. The summed E-state index contributed by atoms with van der Waals surface area (Å²) in [6.45, 7) is 5.05. The lowest BCUT2D eigenvalue weighted by Crippen LogP contribution is -2.41. The van der Waals surface area contributed by atoms with Crippen LogP contribution >= 0.6 is 11.6 Å². The Kier molecular flexibility index (Phi) is 4.59. The van der Waals surface area contributed by atoms with Crippen LogP contribution in [0.15, 0.2) is 42.5 Å². The fraction of sp³-hybridized carbons (Fsp3) is 0.250. The number of nitrogens with one attached hydrogen (secondary N) is 1. The van der Waals surface area contributed by atoms with Gasteiger partial charge in [0.05, 0.1) is 6.54 Å². The molecular formula is C20H19ClN2O3. The number of ketones is 1. The summed E-state index contributed by atoms with van der Waals surface area (Å²) in [7, 11) is 0. The van der Waals surface area contributed by atoms with Crippen molar-refractivity contribution in [2.24, 2.45) is 0 Å². The van der Waals surface area contributed by atoms with E-state index in [1.54, 1.807) is 37.3 Å².